The van der Waals surface area contributed by atoms with Crippen molar-refractivity contribution in [2.24, 2.45) is 0 Å². The highest BCUT2D eigenvalue weighted by molar-refractivity contribution is 9.10. The number of hydrogen-bond donors (Lipinski definition) is 0. The van der Waals surface area contributed by atoms with Crippen LogP contribution in [0.15, 0.2) is 51.4 Å². The summed E-state index contributed by atoms with van der Waals surface area (Å²) in [5.74, 6) is 0.677. The molecule has 21 heavy (non-hydrogen) atoms. The van der Waals surface area contributed by atoms with E-state index in [2.05, 4.69) is 15.9 Å². The van der Waals surface area contributed by atoms with Crippen molar-refractivity contribution >= 4 is 32.7 Å². The molecule has 0 saturated carbocycles. The van der Waals surface area contributed by atoms with Crippen LogP contribution in [0.25, 0.3) is 11.0 Å². The van der Waals surface area contributed by atoms with Gasteiger partial charge in [-0.15, -0.1) is 0 Å². The van der Waals surface area contributed by atoms with Crippen LogP contribution in [-0.2, 0) is 0 Å². The molecule has 1 aromatic heterocycles. The van der Waals surface area contributed by atoms with Crippen LogP contribution in [0.2, 0.25) is 0 Å². The first kappa shape index (κ1) is 13.9. The lowest BCUT2D eigenvalue weighted by atomic mass is 10.1. The van der Waals surface area contributed by atoms with Crippen LogP contribution in [0.3, 0.4) is 0 Å². The lowest BCUT2D eigenvalue weighted by molar-refractivity contribution is 0.101. The minimum absolute atomic E-state index is 0.181. The van der Waals surface area contributed by atoms with Crippen molar-refractivity contribution in [1.29, 1.82) is 0 Å². The van der Waals surface area contributed by atoms with E-state index in [-0.39, 0.29) is 5.78 Å². The third-order valence-corrected chi connectivity index (χ3v) is 3.80. The van der Waals surface area contributed by atoms with E-state index in [1.807, 2.05) is 25.1 Å². The van der Waals surface area contributed by atoms with Crippen molar-refractivity contribution in [3.63, 3.8) is 0 Å². The maximum atomic E-state index is 12.6. The predicted octanol–water partition coefficient (Wildman–Crippen LogP) is 4.74. The molecular formula is C17H13BrO3. The molecule has 0 amide bonds. The van der Waals surface area contributed by atoms with Crippen molar-refractivity contribution in [3.05, 3.63) is 63.8 Å². The Morgan fingerprint density at radius 2 is 1.95 bits per heavy atom. The molecule has 3 aromatic rings. The summed E-state index contributed by atoms with van der Waals surface area (Å²) in [5, 5.41) is 0.903. The summed E-state index contributed by atoms with van der Waals surface area (Å²) in [6.07, 6.45) is 0. The van der Waals surface area contributed by atoms with E-state index in [1.54, 1.807) is 31.4 Å². The molecule has 4 heteroatoms. The zero-order chi connectivity index (χ0) is 15.0. The number of ketones is 1. The standard InChI is InChI=1S/C17H13BrO3/c1-10-7-12(18)8-11-9-15(21-17(10)11)16(19)13-5-3-4-6-14(13)20-2/h3-9H,1-2H3. The van der Waals surface area contributed by atoms with Crippen molar-refractivity contribution < 1.29 is 13.9 Å². The van der Waals surface area contributed by atoms with Crippen molar-refractivity contribution in [1.82, 2.24) is 0 Å². The Morgan fingerprint density at radius 3 is 2.71 bits per heavy atom. The fourth-order valence-corrected chi connectivity index (χ4v) is 2.95. The minimum atomic E-state index is -0.181. The average molecular weight is 345 g/mol. The van der Waals surface area contributed by atoms with Crippen molar-refractivity contribution in [3.8, 4) is 5.75 Å². The molecule has 0 N–H and O–H groups in total. The summed E-state index contributed by atoms with van der Waals surface area (Å²) in [5.41, 5.74) is 2.21. The molecule has 3 nitrogen and oxygen atoms in total. The molecular weight excluding hydrogens is 332 g/mol. The van der Waals surface area contributed by atoms with Gasteiger partial charge in [0.2, 0.25) is 5.78 Å². The molecule has 0 fully saturated rings. The number of carbonyl (C=O) groups is 1. The summed E-state index contributed by atoms with van der Waals surface area (Å²) in [7, 11) is 1.55. The Balaban J connectivity index is 2.12. The van der Waals surface area contributed by atoms with Gasteiger partial charge in [0.15, 0.2) is 5.76 Å². The third kappa shape index (κ3) is 2.47. The minimum Gasteiger partial charge on any atom is -0.496 e. The zero-order valence-electron chi connectivity index (χ0n) is 11.6. The monoisotopic (exact) mass is 344 g/mol. The average Bonchev–Trinajstić information content (AvgIpc) is 2.90. The van der Waals surface area contributed by atoms with Crippen LogP contribution in [0, 0.1) is 6.92 Å². The van der Waals surface area contributed by atoms with Gasteiger partial charge < -0.3 is 9.15 Å². The number of fused-ring (bicyclic) bond motifs is 1. The molecule has 0 radical (unpaired) electrons. The molecule has 0 spiro atoms. The van der Waals surface area contributed by atoms with Crippen molar-refractivity contribution in [2.45, 2.75) is 6.92 Å². The van der Waals surface area contributed by atoms with Crippen LogP contribution >= 0.6 is 15.9 Å². The number of carbonyl (C=O) groups excluding carboxylic acids is 1. The van der Waals surface area contributed by atoms with Crippen LogP contribution in [0.4, 0.5) is 0 Å². The Morgan fingerprint density at radius 1 is 1.19 bits per heavy atom. The highest BCUT2D eigenvalue weighted by atomic mass is 79.9. The predicted molar refractivity (Wildman–Crippen MR) is 85.1 cm³/mol. The highest BCUT2D eigenvalue weighted by Gasteiger charge is 2.19. The quantitative estimate of drug-likeness (QED) is 0.644. The van der Waals surface area contributed by atoms with E-state index in [1.165, 1.54) is 0 Å². The number of methoxy groups -OCH3 is 1. The maximum absolute atomic E-state index is 12.6. The number of rotatable bonds is 3. The first-order valence-corrected chi connectivity index (χ1v) is 7.27. The summed E-state index contributed by atoms with van der Waals surface area (Å²) in [6, 6.07) is 12.8. The Labute approximate surface area is 130 Å². The largest absolute Gasteiger partial charge is 0.496 e. The summed E-state index contributed by atoms with van der Waals surface area (Å²) in [4.78, 5) is 12.6. The number of para-hydroxylation sites is 1. The number of hydrogen-bond acceptors (Lipinski definition) is 3. The Bertz CT molecular complexity index is 833. The molecule has 2 aromatic carbocycles. The summed E-state index contributed by atoms with van der Waals surface area (Å²) < 4.78 is 11.9. The van der Waals surface area contributed by atoms with E-state index in [0.717, 1.165) is 21.0 Å². The third-order valence-electron chi connectivity index (χ3n) is 3.34. The Kier molecular flexibility index (Phi) is 3.55. The summed E-state index contributed by atoms with van der Waals surface area (Å²) in [6.45, 7) is 1.95. The van der Waals surface area contributed by atoms with E-state index in [4.69, 9.17) is 9.15 Å². The number of aryl methyl sites for hydroxylation is 1. The maximum Gasteiger partial charge on any atom is 0.231 e. The molecule has 0 aliphatic carbocycles. The number of halogens is 1. The Hall–Kier alpha value is -2.07. The van der Waals surface area contributed by atoms with Gasteiger partial charge in [-0.25, -0.2) is 0 Å². The van der Waals surface area contributed by atoms with E-state index >= 15 is 0 Å². The smallest absolute Gasteiger partial charge is 0.231 e. The lowest BCUT2D eigenvalue weighted by Crippen LogP contribution is -2.02. The highest BCUT2D eigenvalue weighted by Crippen LogP contribution is 2.29. The second-order valence-electron chi connectivity index (χ2n) is 4.78. The summed E-state index contributed by atoms with van der Waals surface area (Å²) >= 11 is 3.45. The first-order valence-electron chi connectivity index (χ1n) is 6.47. The fourth-order valence-electron chi connectivity index (χ4n) is 2.36. The zero-order valence-corrected chi connectivity index (χ0v) is 13.2. The molecule has 106 valence electrons. The molecule has 3 rings (SSSR count). The van der Waals surface area contributed by atoms with Gasteiger partial charge in [0.25, 0.3) is 0 Å². The van der Waals surface area contributed by atoms with Gasteiger partial charge in [-0.3, -0.25) is 4.79 Å². The van der Waals surface area contributed by atoms with Crippen LogP contribution in [-0.4, -0.2) is 12.9 Å². The molecule has 1 heterocycles. The van der Waals surface area contributed by atoms with E-state index in [0.29, 0.717) is 17.1 Å². The topological polar surface area (TPSA) is 39.4 Å². The number of benzene rings is 2. The van der Waals surface area contributed by atoms with Gasteiger partial charge in [0.05, 0.1) is 12.7 Å². The molecule has 0 unspecified atom stereocenters. The van der Waals surface area contributed by atoms with Crippen molar-refractivity contribution in [2.75, 3.05) is 7.11 Å². The lowest BCUT2D eigenvalue weighted by Gasteiger charge is -2.05. The molecule has 0 aliphatic heterocycles. The second-order valence-corrected chi connectivity index (χ2v) is 5.70. The van der Waals surface area contributed by atoms with E-state index in [9.17, 15) is 4.79 Å². The molecule has 0 atom stereocenters. The van der Waals surface area contributed by atoms with Gasteiger partial charge in [-0.05, 0) is 42.8 Å². The second kappa shape index (κ2) is 5.37. The fraction of sp³-hybridized carbons (Fsp3) is 0.118. The normalized spacial score (nSPS) is 10.8. The van der Waals surface area contributed by atoms with Gasteiger partial charge in [0.1, 0.15) is 11.3 Å². The molecule has 0 aliphatic rings. The van der Waals surface area contributed by atoms with Gasteiger partial charge in [0, 0.05) is 9.86 Å². The first-order chi connectivity index (χ1) is 10.1. The molecule has 0 saturated heterocycles. The number of ether oxygens (including phenoxy) is 1. The van der Waals surface area contributed by atoms with Crippen LogP contribution < -0.4 is 4.74 Å². The number of furan rings is 1. The SMILES string of the molecule is COc1ccccc1C(=O)c1cc2cc(Br)cc(C)c2o1. The van der Waals surface area contributed by atoms with Gasteiger partial charge in [-0.1, -0.05) is 28.1 Å². The van der Waals surface area contributed by atoms with Crippen LogP contribution in [0.5, 0.6) is 5.75 Å². The van der Waals surface area contributed by atoms with E-state index < -0.39 is 0 Å². The van der Waals surface area contributed by atoms with Crippen LogP contribution in [0.1, 0.15) is 21.7 Å². The molecule has 0 bridgehead atoms. The van der Waals surface area contributed by atoms with Gasteiger partial charge >= 0.3 is 0 Å². The van der Waals surface area contributed by atoms with Gasteiger partial charge in [-0.2, -0.15) is 0 Å².